The molecule has 2 aromatic carbocycles. The number of nitrogens with zero attached hydrogens (tertiary/aromatic N) is 3. The molecule has 30 heavy (non-hydrogen) atoms. The van der Waals surface area contributed by atoms with Gasteiger partial charge in [0.2, 0.25) is 5.91 Å². The standard InChI is InChI=1S/C21H14Cl2N4O2S/c22-13-6-7-15(16(23)10-13)18-11-19(29-27-18)17-8-9-24-21(26-17)30-12-20(28)25-14-4-2-1-3-5-14/h1-11H,12H2,(H,25,28). The Balaban J connectivity index is 1.45. The zero-order chi connectivity index (χ0) is 20.9. The first-order valence-corrected chi connectivity index (χ1v) is 10.6. The van der Waals surface area contributed by atoms with Crippen LogP contribution in [0.3, 0.4) is 0 Å². The van der Waals surface area contributed by atoms with E-state index < -0.39 is 0 Å². The third-order valence-electron chi connectivity index (χ3n) is 3.99. The van der Waals surface area contributed by atoms with Crippen molar-refractivity contribution in [2.75, 3.05) is 11.1 Å². The Bertz CT molecular complexity index is 1180. The van der Waals surface area contributed by atoms with Crippen LogP contribution in [-0.2, 0) is 4.79 Å². The Kier molecular flexibility index (Phi) is 6.32. The molecule has 0 saturated heterocycles. The van der Waals surface area contributed by atoms with Crippen molar-refractivity contribution >= 4 is 46.6 Å². The quantitative estimate of drug-likeness (QED) is 0.290. The van der Waals surface area contributed by atoms with Gasteiger partial charge in [0.1, 0.15) is 11.4 Å². The van der Waals surface area contributed by atoms with Gasteiger partial charge >= 0.3 is 0 Å². The molecule has 2 heterocycles. The first-order valence-electron chi connectivity index (χ1n) is 8.82. The molecule has 0 unspecified atom stereocenters. The Morgan fingerprint density at radius 2 is 1.87 bits per heavy atom. The zero-order valence-corrected chi connectivity index (χ0v) is 17.7. The van der Waals surface area contributed by atoms with E-state index in [0.29, 0.717) is 37.9 Å². The van der Waals surface area contributed by atoms with E-state index in [9.17, 15) is 4.79 Å². The van der Waals surface area contributed by atoms with Crippen molar-refractivity contribution in [3.63, 3.8) is 0 Å². The van der Waals surface area contributed by atoms with E-state index in [-0.39, 0.29) is 11.7 Å². The highest BCUT2D eigenvalue weighted by Gasteiger charge is 2.14. The second-order valence-corrected chi connectivity index (χ2v) is 7.91. The maximum absolute atomic E-state index is 12.1. The molecule has 1 N–H and O–H groups in total. The SMILES string of the molecule is O=C(CSc1nccc(-c2cc(-c3ccc(Cl)cc3Cl)no2)n1)Nc1ccccc1. The number of halogens is 2. The lowest BCUT2D eigenvalue weighted by Crippen LogP contribution is -2.14. The van der Waals surface area contributed by atoms with Crippen molar-refractivity contribution in [1.82, 2.24) is 15.1 Å². The van der Waals surface area contributed by atoms with Gasteiger partial charge in [0.15, 0.2) is 10.9 Å². The predicted molar refractivity (Wildman–Crippen MR) is 119 cm³/mol. The highest BCUT2D eigenvalue weighted by molar-refractivity contribution is 7.99. The van der Waals surface area contributed by atoms with Gasteiger partial charge in [-0.15, -0.1) is 0 Å². The average molecular weight is 457 g/mol. The molecule has 1 amide bonds. The number of carbonyl (C=O) groups excluding carboxylic acids is 1. The fourth-order valence-electron chi connectivity index (χ4n) is 2.62. The summed E-state index contributed by atoms with van der Waals surface area (Å²) < 4.78 is 5.43. The maximum Gasteiger partial charge on any atom is 0.234 e. The number of benzene rings is 2. The number of hydrogen-bond donors (Lipinski definition) is 1. The van der Waals surface area contributed by atoms with Crippen LogP contribution in [0.15, 0.2) is 76.5 Å². The van der Waals surface area contributed by atoms with E-state index >= 15 is 0 Å². The molecule has 0 aliphatic rings. The third kappa shape index (κ3) is 4.99. The molecule has 6 nitrogen and oxygen atoms in total. The lowest BCUT2D eigenvalue weighted by molar-refractivity contribution is -0.113. The Hall–Kier alpha value is -2.87. The van der Waals surface area contributed by atoms with Crippen molar-refractivity contribution in [3.8, 4) is 22.7 Å². The van der Waals surface area contributed by atoms with Gasteiger partial charge in [-0.05, 0) is 36.4 Å². The van der Waals surface area contributed by atoms with Crippen molar-refractivity contribution in [2.45, 2.75) is 5.16 Å². The Morgan fingerprint density at radius 1 is 1.03 bits per heavy atom. The molecule has 4 rings (SSSR count). The lowest BCUT2D eigenvalue weighted by atomic mass is 10.1. The van der Waals surface area contributed by atoms with Crippen molar-refractivity contribution in [1.29, 1.82) is 0 Å². The van der Waals surface area contributed by atoms with E-state index in [1.807, 2.05) is 30.3 Å². The summed E-state index contributed by atoms with van der Waals surface area (Å²) in [6.07, 6.45) is 1.61. The minimum atomic E-state index is -0.139. The molecule has 150 valence electrons. The van der Waals surface area contributed by atoms with Gasteiger partial charge in [0.05, 0.1) is 10.8 Å². The van der Waals surface area contributed by atoms with Gasteiger partial charge in [-0.25, -0.2) is 9.97 Å². The summed E-state index contributed by atoms with van der Waals surface area (Å²) in [5.74, 6) is 0.508. The zero-order valence-electron chi connectivity index (χ0n) is 15.4. The smallest absolute Gasteiger partial charge is 0.234 e. The van der Waals surface area contributed by atoms with E-state index in [4.69, 9.17) is 27.7 Å². The van der Waals surface area contributed by atoms with E-state index in [1.54, 1.807) is 36.5 Å². The molecule has 0 spiro atoms. The number of aromatic nitrogens is 3. The molecule has 9 heteroatoms. The maximum atomic E-state index is 12.1. The van der Waals surface area contributed by atoms with Gasteiger partial charge in [0.25, 0.3) is 0 Å². The Morgan fingerprint density at radius 3 is 2.67 bits per heavy atom. The number of thioether (sulfide) groups is 1. The third-order valence-corrected chi connectivity index (χ3v) is 5.40. The highest BCUT2D eigenvalue weighted by atomic mass is 35.5. The van der Waals surface area contributed by atoms with Crippen LogP contribution in [-0.4, -0.2) is 26.8 Å². The molecule has 0 bridgehead atoms. The van der Waals surface area contributed by atoms with E-state index in [2.05, 4.69) is 20.4 Å². The van der Waals surface area contributed by atoms with Crippen LogP contribution < -0.4 is 5.32 Å². The van der Waals surface area contributed by atoms with Crippen LogP contribution in [0.5, 0.6) is 0 Å². The first-order chi connectivity index (χ1) is 14.6. The highest BCUT2D eigenvalue weighted by Crippen LogP contribution is 2.32. The van der Waals surface area contributed by atoms with Crippen LogP contribution in [0.2, 0.25) is 10.0 Å². The first kappa shape index (κ1) is 20.4. The van der Waals surface area contributed by atoms with Gasteiger partial charge in [-0.3, -0.25) is 4.79 Å². The molecule has 0 fully saturated rings. The fraction of sp³-hybridized carbons (Fsp3) is 0.0476. The molecular weight excluding hydrogens is 443 g/mol. The lowest BCUT2D eigenvalue weighted by Gasteiger charge is -2.04. The summed E-state index contributed by atoms with van der Waals surface area (Å²) in [4.78, 5) is 20.8. The number of rotatable bonds is 6. The van der Waals surface area contributed by atoms with E-state index in [0.717, 1.165) is 5.69 Å². The van der Waals surface area contributed by atoms with Gasteiger partial charge in [0, 0.05) is 28.5 Å². The molecule has 2 aromatic heterocycles. The summed E-state index contributed by atoms with van der Waals surface area (Å²) >= 11 is 13.4. The molecule has 0 aliphatic heterocycles. The van der Waals surface area contributed by atoms with Crippen LogP contribution >= 0.6 is 35.0 Å². The molecule has 0 radical (unpaired) electrons. The number of anilines is 1. The van der Waals surface area contributed by atoms with E-state index in [1.165, 1.54) is 11.8 Å². The molecule has 0 aliphatic carbocycles. The van der Waals surface area contributed by atoms with Gasteiger partial charge in [-0.1, -0.05) is 58.3 Å². The summed E-state index contributed by atoms with van der Waals surface area (Å²) in [6, 6.07) is 17.9. The number of para-hydroxylation sites is 1. The summed E-state index contributed by atoms with van der Waals surface area (Å²) in [7, 11) is 0. The predicted octanol–water partition coefficient (Wildman–Crippen LogP) is 5.84. The van der Waals surface area contributed by atoms with Crippen molar-refractivity contribution < 1.29 is 9.32 Å². The van der Waals surface area contributed by atoms with Gasteiger partial charge in [-0.2, -0.15) is 0 Å². The minimum absolute atomic E-state index is 0.139. The number of carbonyl (C=O) groups is 1. The number of nitrogens with one attached hydrogen (secondary N) is 1. The van der Waals surface area contributed by atoms with Gasteiger partial charge < -0.3 is 9.84 Å². The second kappa shape index (κ2) is 9.30. The molecular formula is C21H14Cl2N4O2S. The Labute approximate surface area is 186 Å². The molecule has 4 aromatic rings. The normalized spacial score (nSPS) is 10.7. The largest absolute Gasteiger partial charge is 0.354 e. The molecule has 0 atom stereocenters. The van der Waals surface area contributed by atoms with Crippen molar-refractivity contribution in [2.24, 2.45) is 0 Å². The summed E-state index contributed by atoms with van der Waals surface area (Å²) in [5.41, 5.74) is 2.58. The van der Waals surface area contributed by atoms with Crippen LogP contribution in [0.4, 0.5) is 5.69 Å². The molecule has 0 saturated carbocycles. The topological polar surface area (TPSA) is 80.9 Å². The average Bonchev–Trinajstić information content (AvgIpc) is 3.23. The fourth-order valence-corrected chi connectivity index (χ4v) is 3.75. The van der Waals surface area contributed by atoms with Crippen molar-refractivity contribution in [3.05, 3.63) is 76.9 Å². The number of hydrogen-bond acceptors (Lipinski definition) is 6. The van der Waals surface area contributed by atoms with Crippen LogP contribution in [0.1, 0.15) is 0 Å². The second-order valence-electron chi connectivity index (χ2n) is 6.13. The number of amides is 1. The minimum Gasteiger partial charge on any atom is -0.354 e. The van der Waals surface area contributed by atoms with Crippen LogP contribution in [0, 0.1) is 0 Å². The summed E-state index contributed by atoms with van der Waals surface area (Å²) in [6.45, 7) is 0. The summed E-state index contributed by atoms with van der Waals surface area (Å²) in [5, 5.41) is 8.37. The monoisotopic (exact) mass is 456 g/mol. The van der Waals surface area contributed by atoms with Crippen LogP contribution in [0.25, 0.3) is 22.7 Å².